The Kier molecular flexibility index (Phi) is 3.44. The van der Waals surface area contributed by atoms with Gasteiger partial charge in [-0.15, -0.1) is 0 Å². The molecule has 1 aliphatic heterocycles. The van der Waals surface area contributed by atoms with E-state index >= 15 is 0 Å². The molecule has 0 amide bonds. The molecule has 1 atom stereocenters. The molecule has 0 saturated carbocycles. The molecule has 0 radical (unpaired) electrons. The summed E-state index contributed by atoms with van der Waals surface area (Å²) >= 11 is 0. The minimum Gasteiger partial charge on any atom is -0.488 e. The number of nitrogens with zero attached hydrogens (tertiary/aromatic N) is 2. The molecule has 1 unspecified atom stereocenters. The topological polar surface area (TPSA) is 39.1 Å². The molecule has 1 N–H and O–H groups in total. The lowest BCUT2D eigenvalue weighted by Crippen LogP contribution is -2.29. The number of halogens is 1. The van der Waals surface area contributed by atoms with Crippen LogP contribution in [0.4, 0.5) is 4.39 Å². The van der Waals surface area contributed by atoms with E-state index in [4.69, 9.17) is 4.74 Å². The van der Waals surface area contributed by atoms with Crippen molar-refractivity contribution in [3.05, 3.63) is 47.0 Å². The summed E-state index contributed by atoms with van der Waals surface area (Å²) in [7, 11) is 1.93. The second-order valence-electron chi connectivity index (χ2n) is 5.21. The lowest BCUT2D eigenvalue weighted by atomic mass is 10.1. The molecular formula is C15H18FN3O. The van der Waals surface area contributed by atoms with Crippen LogP contribution >= 0.6 is 0 Å². The number of rotatable bonds is 4. The Bertz CT molecular complexity index is 624. The zero-order valence-electron chi connectivity index (χ0n) is 11.7. The van der Waals surface area contributed by atoms with E-state index in [0.29, 0.717) is 0 Å². The van der Waals surface area contributed by atoms with Gasteiger partial charge in [-0.05, 0) is 25.1 Å². The van der Waals surface area contributed by atoms with E-state index in [9.17, 15) is 4.39 Å². The van der Waals surface area contributed by atoms with Crippen LogP contribution in [0.5, 0.6) is 5.75 Å². The summed E-state index contributed by atoms with van der Waals surface area (Å²) in [5.74, 6) is 0.600. The highest BCUT2D eigenvalue weighted by molar-refractivity contribution is 5.37. The third kappa shape index (κ3) is 2.54. The van der Waals surface area contributed by atoms with Crippen molar-refractivity contribution in [1.82, 2.24) is 15.1 Å². The average molecular weight is 275 g/mol. The zero-order valence-corrected chi connectivity index (χ0v) is 11.7. The number of aryl methyl sites for hydroxylation is 1. The highest BCUT2D eigenvalue weighted by Crippen LogP contribution is 2.28. The van der Waals surface area contributed by atoms with Crippen molar-refractivity contribution in [2.75, 3.05) is 6.54 Å². The number of hydrogen-bond donors (Lipinski definition) is 1. The van der Waals surface area contributed by atoms with E-state index in [0.717, 1.165) is 36.5 Å². The number of aromatic nitrogens is 2. The van der Waals surface area contributed by atoms with Gasteiger partial charge in [0.1, 0.15) is 17.7 Å². The Morgan fingerprint density at radius 2 is 2.35 bits per heavy atom. The number of benzene rings is 1. The quantitative estimate of drug-likeness (QED) is 0.927. The molecule has 0 fully saturated rings. The van der Waals surface area contributed by atoms with Gasteiger partial charge in [0.15, 0.2) is 0 Å². The molecular weight excluding hydrogens is 257 g/mol. The molecule has 20 heavy (non-hydrogen) atoms. The predicted molar refractivity (Wildman–Crippen MR) is 74.2 cm³/mol. The lowest BCUT2D eigenvalue weighted by Gasteiger charge is -2.11. The standard InChI is InChI=1S/C15H18FN3O/c1-10-12(8-18-19(10)2)7-17-9-14-6-11-5-13(16)3-4-15(11)20-14/h3-5,8,14,17H,6-7,9H2,1-2H3. The number of fused-ring (bicyclic) bond motifs is 1. The summed E-state index contributed by atoms with van der Waals surface area (Å²) in [5.41, 5.74) is 3.30. The molecule has 4 nitrogen and oxygen atoms in total. The maximum atomic E-state index is 13.1. The average Bonchev–Trinajstić information content (AvgIpc) is 2.96. The molecule has 0 aliphatic carbocycles. The van der Waals surface area contributed by atoms with E-state index in [-0.39, 0.29) is 11.9 Å². The van der Waals surface area contributed by atoms with Crippen molar-refractivity contribution in [3.63, 3.8) is 0 Å². The van der Waals surface area contributed by atoms with Gasteiger partial charge in [0.2, 0.25) is 0 Å². The summed E-state index contributed by atoms with van der Waals surface area (Å²) < 4.78 is 20.8. The van der Waals surface area contributed by atoms with E-state index in [1.807, 2.05) is 17.9 Å². The van der Waals surface area contributed by atoms with Crippen molar-refractivity contribution < 1.29 is 9.13 Å². The molecule has 1 aromatic heterocycles. The van der Waals surface area contributed by atoms with Crippen LogP contribution in [0, 0.1) is 12.7 Å². The minimum absolute atomic E-state index is 0.0729. The molecule has 1 aliphatic rings. The van der Waals surface area contributed by atoms with Gasteiger partial charge in [0, 0.05) is 43.4 Å². The van der Waals surface area contributed by atoms with Crippen molar-refractivity contribution >= 4 is 0 Å². The van der Waals surface area contributed by atoms with Gasteiger partial charge in [-0.2, -0.15) is 5.10 Å². The molecule has 0 spiro atoms. The Balaban J connectivity index is 1.53. The SMILES string of the molecule is Cc1c(CNCC2Cc3cc(F)ccc3O2)cnn1C. The van der Waals surface area contributed by atoms with Gasteiger partial charge in [-0.25, -0.2) is 4.39 Å². The summed E-state index contributed by atoms with van der Waals surface area (Å²) in [6.45, 7) is 3.56. The fourth-order valence-electron chi connectivity index (χ4n) is 2.49. The van der Waals surface area contributed by atoms with Gasteiger partial charge in [-0.1, -0.05) is 0 Å². The molecule has 2 heterocycles. The van der Waals surface area contributed by atoms with Gasteiger partial charge in [-0.3, -0.25) is 4.68 Å². The molecule has 2 aromatic rings. The third-order valence-corrected chi connectivity index (χ3v) is 3.79. The highest BCUT2D eigenvalue weighted by atomic mass is 19.1. The smallest absolute Gasteiger partial charge is 0.123 e. The first-order chi connectivity index (χ1) is 9.63. The molecule has 5 heteroatoms. The van der Waals surface area contributed by atoms with Crippen LogP contribution in [0.3, 0.4) is 0 Å². The molecule has 106 valence electrons. The number of nitrogens with one attached hydrogen (secondary N) is 1. The summed E-state index contributed by atoms with van der Waals surface area (Å²) in [6.07, 6.45) is 2.71. The number of hydrogen-bond acceptors (Lipinski definition) is 3. The summed E-state index contributed by atoms with van der Waals surface area (Å²) in [5, 5.41) is 7.59. The molecule has 1 aromatic carbocycles. The molecule has 0 bridgehead atoms. The van der Waals surface area contributed by atoms with Gasteiger partial charge < -0.3 is 10.1 Å². The van der Waals surface area contributed by atoms with Crippen LogP contribution in [0.1, 0.15) is 16.8 Å². The van der Waals surface area contributed by atoms with Crippen molar-refractivity contribution in [1.29, 1.82) is 0 Å². The Morgan fingerprint density at radius 3 is 3.10 bits per heavy atom. The summed E-state index contributed by atoms with van der Waals surface area (Å²) in [4.78, 5) is 0. The van der Waals surface area contributed by atoms with Gasteiger partial charge in [0.05, 0.1) is 6.20 Å². The maximum absolute atomic E-state index is 13.1. The van der Waals surface area contributed by atoms with Gasteiger partial charge in [0.25, 0.3) is 0 Å². The third-order valence-electron chi connectivity index (χ3n) is 3.79. The Labute approximate surface area is 117 Å². The lowest BCUT2D eigenvalue weighted by molar-refractivity contribution is 0.227. The first-order valence-electron chi connectivity index (χ1n) is 6.77. The van der Waals surface area contributed by atoms with Crippen LogP contribution in [0.15, 0.2) is 24.4 Å². The number of ether oxygens (including phenoxy) is 1. The van der Waals surface area contributed by atoms with Crippen LogP contribution in [0.25, 0.3) is 0 Å². The Morgan fingerprint density at radius 1 is 1.50 bits per heavy atom. The molecule has 0 saturated heterocycles. The van der Waals surface area contributed by atoms with Crippen LogP contribution < -0.4 is 10.1 Å². The van der Waals surface area contributed by atoms with Crippen LogP contribution in [-0.2, 0) is 20.0 Å². The Hall–Kier alpha value is -1.88. The van der Waals surface area contributed by atoms with E-state index < -0.39 is 0 Å². The first kappa shape index (κ1) is 13.1. The zero-order chi connectivity index (χ0) is 14.1. The highest BCUT2D eigenvalue weighted by Gasteiger charge is 2.22. The minimum atomic E-state index is -0.202. The van der Waals surface area contributed by atoms with E-state index in [2.05, 4.69) is 17.3 Å². The fourth-order valence-corrected chi connectivity index (χ4v) is 2.49. The second-order valence-corrected chi connectivity index (χ2v) is 5.21. The normalized spacial score (nSPS) is 17.1. The largest absolute Gasteiger partial charge is 0.488 e. The van der Waals surface area contributed by atoms with Crippen LogP contribution in [-0.4, -0.2) is 22.4 Å². The van der Waals surface area contributed by atoms with Crippen molar-refractivity contribution in [2.45, 2.75) is 26.0 Å². The van der Waals surface area contributed by atoms with E-state index in [1.54, 1.807) is 12.1 Å². The van der Waals surface area contributed by atoms with Crippen LogP contribution in [0.2, 0.25) is 0 Å². The second kappa shape index (κ2) is 5.25. The van der Waals surface area contributed by atoms with Gasteiger partial charge >= 0.3 is 0 Å². The summed E-state index contributed by atoms with van der Waals surface area (Å²) in [6, 6.07) is 4.70. The monoisotopic (exact) mass is 275 g/mol. The van der Waals surface area contributed by atoms with Crippen molar-refractivity contribution in [2.24, 2.45) is 7.05 Å². The van der Waals surface area contributed by atoms with Crippen molar-refractivity contribution in [3.8, 4) is 5.75 Å². The fraction of sp³-hybridized carbons (Fsp3) is 0.400. The predicted octanol–water partition coefficient (Wildman–Crippen LogP) is 1.96. The molecule has 3 rings (SSSR count). The maximum Gasteiger partial charge on any atom is 0.123 e. The van der Waals surface area contributed by atoms with E-state index in [1.165, 1.54) is 11.6 Å². The first-order valence-corrected chi connectivity index (χ1v) is 6.77.